The van der Waals surface area contributed by atoms with E-state index in [4.69, 9.17) is 9.15 Å². The predicted molar refractivity (Wildman–Crippen MR) is 92.5 cm³/mol. The first-order chi connectivity index (χ1) is 12.2. The highest BCUT2D eigenvalue weighted by Gasteiger charge is 2.25. The molecule has 2 aromatic heterocycles. The monoisotopic (exact) mass is 362 g/mol. The number of hydrogen-bond acceptors (Lipinski definition) is 6. The molecule has 0 fully saturated rings. The molecular formula is C17H22N4O5. The summed E-state index contributed by atoms with van der Waals surface area (Å²) < 4.78 is 11.7. The Morgan fingerprint density at radius 1 is 1.27 bits per heavy atom. The molecule has 2 N–H and O–H groups in total. The van der Waals surface area contributed by atoms with Crippen molar-refractivity contribution in [1.82, 2.24) is 15.1 Å². The maximum Gasteiger partial charge on any atom is 0.329 e. The van der Waals surface area contributed by atoms with E-state index in [-0.39, 0.29) is 5.76 Å². The first-order valence-corrected chi connectivity index (χ1v) is 8.06. The van der Waals surface area contributed by atoms with Crippen molar-refractivity contribution in [2.24, 2.45) is 7.05 Å². The van der Waals surface area contributed by atoms with Crippen LogP contribution in [0.1, 0.15) is 35.8 Å². The molecule has 0 saturated heterocycles. The van der Waals surface area contributed by atoms with E-state index in [2.05, 4.69) is 15.7 Å². The molecule has 0 unspecified atom stereocenters. The Kier molecular flexibility index (Phi) is 5.81. The molecular weight excluding hydrogens is 340 g/mol. The molecule has 0 aliphatic carbocycles. The Labute approximate surface area is 150 Å². The smallest absolute Gasteiger partial charge is 0.329 e. The van der Waals surface area contributed by atoms with E-state index in [1.165, 1.54) is 26.2 Å². The Hall–Kier alpha value is -3.10. The summed E-state index contributed by atoms with van der Waals surface area (Å²) in [6.45, 7) is 6.50. The fraction of sp³-hybridized carbons (Fsp3) is 0.412. The Morgan fingerprint density at radius 3 is 2.50 bits per heavy atom. The molecule has 9 heteroatoms. The second-order valence-corrected chi connectivity index (χ2v) is 5.91. The van der Waals surface area contributed by atoms with Gasteiger partial charge in [-0.1, -0.05) is 0 Å². The summed E-state index contributed by atoms with van der Waals surface area (Å²) in [5.74, 6) is -1.68. The molecule has 0 aromatic carbocycles. The lowest BCUT2D eigenvalue weighted by atomic mass is 10.2. The summed E-state index contributed by atoms with van der Waals surface area (Å²) in [6.07, 6.45) is 0.316. The van der Waals surface area contributed by atoms with E-state index in [0.717, 1.165) is 5.69 Å². The molecule has 0 spiro atoms. The van der Waals surface area contributed by atoms with E-state index in [9.17, 15) is 14.4 Å². The number of nitrogens with one attached hydrogen (secondary N) is 2. The number of nitrogens with zero attached hydrogens (tertiary/aromatic N) is 2. The van der Waals surface area contributed by atoms with Crippen LogP contribution in [0.2, 0.25) is 0 Å². The lowest BCUT2D eigenvalue weighted by Crippen LogP contribution is -2.42. The lowest BCUT2D eigenvalue weighted by molar-refractivity contribution is -0.154. The van der Waals surface area contributed by atoms with Gasteiger partial charge in [0, 0.05) is 7.05 Å². The summed E-state index contributed by atoms with van der Waals surface area (Å²) in [5, 5.41) is 9.36. The van der Waals surface area contributed by atoms with E-state index >= 15 is 0 Å². The van der Waals surface area contributed by atoms with Crippen LogP contribution in [-0.4, -0.2) is 39.7 Å². The highest BCUT2D eigenvalue weighted by atomic mass is 16.5. The third kappa shape index (κ3) is 4.29. The van der Waals surface area contributed by atoms with Gasteiger partial charge in [-0.15, -0.1) is 0 Å². The summed E-state index contributed by atoms with van der Waals surface area (Å²) in [7, 11) is 1.77. The number of furan rings is 1. The minimum atomic E-state index is -1.04. The van der Waals surface area contributed by atoms with Crippen LogP contribution >= 0.6 is 0 Å². The number of carbonyl (C=O) groups excluding carboxylic acids is 3. The minimum Gasteiger partial charge on any atom is -0.459 e. The van der Waals surface area contributed by atoms with Gasteiger partial charge in [0.25, 0.3) is 11.8 Å². The molecule has 0 saturated carbocycles. The van der Waals surface area contributed by atoms with E-state index in [1.54, 1.807) is 24.7 Å². The second-order valence-electron chi connectivity index (χ2n) is 5.91. The molecule has 9 nitrogen and oxygen atoms in total. The Balaban J connectivity index is 1.91. The van der Waals surface area contributed by atoms with Crippen LogP contribution in [0, 0.1) is 13.8 Å². The maximum atomic E-state index is 12.3. The van der Waals surface area contributed by atoms with E-state index < -0.39 is 29.9 Å². The van der Waals surface area contributed by atoms with Crippen LogP contribution < -0.4 is 10.6 Å². The van der Waals surface area contributed by atoms with Crippen LogP contribution in [0.3, 0.4) is 0 Å². The number of aryl methyl sites for hydroxylation is 2. The van der Waals surface area contributed by atoms with Gasteiger partial charge in [0.15, 0.2) is 11.9 Å². The number of esters is 1. The number of rotatable bonds is 6. The fourth-order valence-corrected chi connectivity index (χ4v) is 2.24. The van der Waals surface area contributed by atoms with E-state index in [0.29, 0.717) is 11.4 Å². The zero-order valence-electron chi connectivity index (χ0n) is 15.3. The largest absolute Gasteiger partial charge is 0.459 e. The first-order valence-electron chi connectivity index (χ1n) is 8.06. The van der Waals surface area contributed by atoms with Crippen molar-refractivity contribution < 1.29 is 23.5 Å². The van der Waals surface area contributed by atoms with Gasteiger partial charge in [0.2, 0.25) is 0 Å². The van der Waals surface area contributed by atoms with Crippen LogP contribution in [-0.2, 0) is 21.4 Å². The molecule has 2 atom stereocenters. The number of aromatic nitrogens is 2. The third-order valence-corrected chi connectivity index (χ3v) is 3.87. The number of ether oxygens (including phenoxy) is 1. The number of carbonyl (C=O) groups is 3. The summed E-state index contributed by atoms with van der Waals surface area (Å²) in [6, 6.07) is 2.10. The molecule has 0 bridgehead atoms. The molecule has 2 amide bonds. The SMILES string of the molecule is Cc1nn(C)c(C)c1NC(=O)[C@@H](C)OC(=O)[C@H](C)NC(=O)c1ccco1. The average molecular weight is 362 g/mol. The zero-order valence-corrected chi connectivity index (χ0v) is 15.3. The highest BCUT2D eigenvalue weighted by molar-refractivity contribution is 5.97. The summed E-state index contributed by atoms with van der Waals surface area (Å²) in [4.78, 5) is 36.2. The topological polar surface area (TPSA) is 115 Å². The lowest BCUT2D eigenvalue weighted by Gasteiger charge is -2.17. The van der Waals surface area contributed by atoms with Crippen molar-refractivity contribution in [2.75, 3.05) is 5.32 Å². The average Bonchev–Trinajstić information content (AvgIpc) is 3.19. The van der Waals surface area contributed by atoms with Crippen LogP contribution in [0.15, 0.2) is 22.8 Å². The number of amides is 2. The standard InChI is InChI=1S/C17H22N4O5/c1-9-14(11(3)21(5)20-9)19-15(22)12(4)26-17(24)10(2)18-16(23)13-7-6-8-25-13/h6-8,10,12H,1-5H3,(H,18,23)(H,19,22)/t10-,12+/m0/s1. The summed E-state index contributed by atoms with van der Waals surface area (Å²) in [5.41, 5.74) is 2.03. The number of anilines is 1. The minimum absolute atomic E-state index is 0.0815. The molecule has 0 aliphatic rings. The van der Waals surface area contributed by atoms with Gasteiger partial charge in [0.05, 0.1) is 23.3 Å². The van der Waals surface area contributed by atoms with Crippen LogP contribution in [0.5, 0.6) is 0 Å². The zero-order chi connectivity index (χ0) is 19.4. The Bertz CT molecular complexity index is 809. The van der Waals surface area contributed by atoms with Gasteiger partial charge in [-0.25, -0.2) is 4.79 Å². The van der Waals surface area contributed by atoms with Crippen molar-refractivity contribution in [1.29, 1.82) is 0 Å². The fourth-order valence-electron chi connectivity index (χ4n) is 2.24. The van der Waals surface area contributed by atoms with Gasteiger partial charge >= 0.3 is 5.97 Å². The quantitative estimate of drug-likeness (QED) is 0.749. The normalized spacial score (nSPS) is 13.0. The molecule has 0 aliphatic heterocycles. The van der Waals surface area contributed by atoms with Crippen molar-refractivity contribution in [3.63, 3.8) is 0 Å². The van der Waals surface area contributed by atoms with Gasteiger partial charge < -0.3 is 19.8 Å². The van der Waals surface area contributed by atoms with Gasteiger partial charge in [-0.05, 0) is 39.8 Å². The van der Waals surface area contributed by atoms with Crippen molar-refractivity contribution in [2.45, 2.75) is 39.8 Å². The van der Waals surface area contributed by atoms with Crippen LogP contribution in [0.25, 0.3) is 0 Å². The Morgan fingerprint density at radius 2 is 1.96 bits per heavy atom. The van der Waals surface area contributed by atoms with E-state index in [1.807, 2.05) is 6.92 Å². The highest BCUT2D eigenvalue weighted by Crippen LogP contribution is 2.18. The molecule has 140 valence electrons. The van der Waals surface area contributed by atoms with Crippen molar-refractivity contribution in [3.05, 3.63) is 35.5 Å². The summed E-state index contributed by atoms with van der Waals surface area (Å²) >= 11 is 0. The predicted octanol–water partition coefficient (Wildman–Crippen LogP) is 1.32. The maximum absolute atomic E-state index is 12.3. The van der Waals surface area contributed by atoms with Crippen molar-refractivity contribution >= 4 is 23.5 Å². The molecule has 26 heavy (non-hydrogen) atoms. The van der Waals surface area contributed by atoms with Gasteiger partial charge in [-0.2, -0.15) is 5.10 Å². The van der Waals surface area contributed by atoms with Crippen molar-refractivity contribution in [3.8, 4) is 0 Å². The molecule has 2 rings (SSSR count). The third-order valence-electron chi connectivity index (χ3n) is 3.87. The second kappa shape index (κ2) is 7.85. The van der Waals surface area contributed by atoms with Crippen LogP contribution in [0.4, 0.5) is 5.69 Å². The number of hydrogen-bond donors (Lipinski definition) is 2. The molecule has 2 heterocycles. The van der Waals surface area contributed by atoms with Gasteiger partial charge in [-0.3, -0.25) is 14.3 Å². The van der Waals surface area contributed by atoms with Gasteiger partial charge in [0.1, 0.15) is 6.04 Å². The first kappa shape index (κ1) is 19.2. The molecule has 0 radical (unpaired) electrons. The molecule has 2 aromatic rings.